The molecule has 0 saturated carbocycles. The summed E-state index contributed by atoms with van der Waals surface area (Å²) < 4.78 is 2.09. The van der Waals surface area contributed by atoms with E-state index in [1.807, 2.05) is 24.7 Å². The molecule has 0 aliphatic heterocycles. The van der Waals surface area contributed by atoms with Crippen LogP contribution >= 0.6 is 30.3 Å². The average Bonchev–Trinajstić information content (AvgIpc) is 2.47. The van der Waals surface area contributed by atoms with Crippen molar-refractivity contribution < 1.29 is 0 Å². The van der Waals surface area contributed by atoms with E-state index < -0.39 is 0 Å². The van der Waals surface area contributed by atoms with Gasteiger partial charge >= 0.3 is 0 Å². The molecule has 2 aromatic rings. The van der Waals surface area contributed by atoms with E-state index in [-0.39, 0.29) is 0 Å². The van der Waals surface area contributed by atoms with Crippen LogP contribution in [0.3, 0.4) is 0 Å². The summed E-state index contributed by atoms with van der Waals surface area (Å²) in [6.07, 6.45) is 5.73. The maximum Gasteiger partial charge on any atom is 0.0781 e. The minimum absolute atomic E-state index is 1.17. The number of pyridine rings is 1. The first-order valence-electron chi connectivity index (χ1n) is 3.12. The zero-order chi connectivity index (χ0) is 7.68. The minimum Gasteiger partial charge on any atom is -0.281 e. The molecule has 0 fully saturated rings. The molecule has 0 saturated heterocycles. The van der Waals surface area contributed by atoms with Gasteiger partial charge in [0, 0.05) is 48.1 Å². The number of halogens is 1. The van der Waals surface area contributed by atoms with Crippen LogP contribution in [0.25, 0.3) is 10.9 Å². The molecular formula is C7H5IN2S. The van der Waals surface area contributed by atoms with Crippen molar-refractivity contribution in [1.82, 2.24) is 8.96 Å². The first-order chi connectivity index (χ1) is 5.42. The van der Waals surface area contributed by atoms with E-state index >= 15 is 0 Å². The van der Waals surface area contributed by atoms with Gasteiger partial charge in [0.15, 0.2) is 0 Å². The lowest BCUT2D eigenvalue weighted by Crippen LogP contribution is -1.78. The second kappa shape index (κ2) is 3.02. The van der Waals surface area contributed by atoms with Crippen LogP contribution < -0.4 is 0 Å². The number of hydrogen-bond acceptors (Lipinski definition) is 2. The fourth-order valence-corrected chi connectivity index (χ4v) is 2.37. The quantitative estimate of drug-likeness (QED) is 0.745. The Morgan fingerprint density at radius 3 is 3.18 bits per heavy atom. The number of hydrogen-bond donors (Lipinski definition) is 0. The zero-order valence-corrected chi connectivity index (χ0v) is 8.54. The minimum atomic E-state index is 1.17. The first kappa shape index (κ1) is 7.42. The molecule has 11 heavy (non-hydrogen) atoms. The van der Waals surface area contributed by atoms with Gasteiger partial charge in [-0.3, -0.25) is 8.96 Å². The van der Waals surface area contributed by atoms with Gasteiger partial charge in [0.05, 0.1) is 11.7 Å². The SMILES string of the molecule is ISn1ccc2ccncc21. The lowest BCUT2D eigenvalue weighted by atomic mass is 10.3. The molecule has 4 heteroatoms. The van der Waals surface area contributed by atoms with Crippen LogP contribution in [0.15, 0.2) is 30.7 Å². The van der Waals surface area contributed by atoms with Crippen molar-refractivity contribution in [2.75, 3.05) is 0 Å². The fraction of sp³-hybridized carbons (Fsp3) is 0. The molecule has 0 N–H and O–H groups in total. The number of fused-ring (bicyclic) bond motifs is 1. The smallest absolute Gasteiger partial charge is 0.0781 e. The largest absolute Gasteiger partial charge is 0.281 e. The molecule has 0 spiro atoms. The molecule has 2 heterocycles. The summed E-state index contributed by atoms with van der Waals surface area (Å²) in [7, 11) is 1.65. The Kier molecular flexibility index (Phi) is 2.04. The first-order valence-corrected chi connectivity index (χ1v) is 6.43. The van der Waals surface area contributed by atoms with E-state index in [2.05, 4.69) is 36.2 Å². The Morgan fingerprint density at radius 2 is 2.36 bits per heavy atom. The third kappa shape index (κ3) is 1.24. The van der Waals surface area contributed by atoms with E-state index in [0.717, 1.165) is 0 Å². The molecule has 0 atom stereocenters. The molecule has 0 amide bonds. The van der Waals surface area contributed by atoms with Crippen LogP contribution in [0.1, 0.15) is 0 Å². The molecule has 2 aromatic heterocycles. The van der Waals surface area contributed by atoms with Gasteiger partial charge in [-0.05, 0) is 12.1 Å². The summed E-state index contributed by atoms with van der Waals surface area (Å²) in [5.41, 5.74) is 1.17. The standard InChI is InChI=1S/C7H5IN2S/c8-11-10-4-2-6-1-3-9-5-7(6)10/h1-5H. The van der Waals surface area contributed by atoms with Crippen molar-refractivity contribution in [3.63, 3.8) is 0 Å². The van der Waals surface area contributed by atoms with Gasteiger partial charge in [-0.1, -0.05) is 0 Å². The van der Waals surface area contributed by atoms with Gasteiger partial charge in [0.25, 0.3) is 0 Å². The molecule has 0 bridgehead atoms. The van der Waals surface area contributed by atoms with Crippen LogP contribution in [0.4, 0.5) is 0 Å². The molecule has 0 aliphatic carbocycles. The lowest BCUT2D eigenvalue weighted by molar-refractivity contribution is 1.30. The Morgan fingerprint density at radius 1 is 1.45 bits per heavy atom. The van der Waals surface area contributed by atoms with Gasteiger partial charge < -0.3 is 0 Å². The summed E-state index contributed by atoms with van der Waals surface area (Å²) >= 11 is 2.25. The Labute approximate surface area is 80.7 Å². The Balaban J connectivity index is 2.76. The fourth-order valence-electron chi connectivity index (χ4n) is 1.01. The molecule has 0 aliphatic rings. The Bertz CT molecular complexity index is 371. The van der Waals surface area contributed by atoms with E-state index in [1.54, 1.807) is 9.12 Å². The van der Waals surface area contributed by atoms with Crippen LogP contribution in [0.2, 0.25) is 0 Å². The van der Waals surface area contributed by atoms with Crippen molar-refractivity contribution in [3.8, 4) is 0 Å². The van der Waals surface area contributed by atoms with Gasteiger partial charge in [-0.15, -0.1) is 0 Å². The highest BCUT2D eigenvalue weighted by Gasteiger charge is 1.97. The zero-order valence-electron chi connectivity index (χ0n) is 5.57. The van der Waals surface area contributed by atoms with Crippen molar-refractivity contribution in [2.45, 2.75) is 0 Å². The van der Waals surface area contributed by atoms with Crippen LogP contribution in [-0.2, 0) is 0 Å². The molecule has 0 aromatic carbocycles. The maximum atomic E-state index is 4.06. The van der Waals surface area contributed by atoms with Crippen LogP contribution in [0, 0.1) is 0 Å². The summed E-state index contributed by atoms with van der Waals surface area (Å²) in [5.74, 6) is 0. The lowest BCUT2D eigenvalue weighted by Gasteiger charge is -1.94. The molecule has 2 rings (SSSR count). The molecule has 0 unspecified atom stereocenters. The predicted molar refractivity (Wildman–Crippen MR) is 56.7 cm³/mol. The van der Waals surface area contributed by atoms with Crippen molar-refractivity contribution in [2.24, 2.45) is 0 Å². The molecule has 56 valence electrons. The van der Waals surface area contributed by atoms with Gasteiger partial charge in [0.2, 0.25) is 0 Å². The second-order valence-corrected chi connectivity index (χ2v) is 3.86. The van der Waals surface area contributed by atoms with E-state index in [0.29, 0.717) is 0 Å². The highest BCUT2D eigenvalue weighted by molar-refractivity contribution is 14.2. The normalized spacial score (nSPS) is 10.6. The predicted octanol–water partition coefficient (Wildman–Crippen LogP) is 2.88. The van der Waals surface area contributed by atoms with Gasteiger partial charge in [-0.2, -0.15) is 0 Å². The topological polar surface area (TPSA) is 17.8 Å². The molecule has 2 nitrogen and oxygen atoms in total. The van der Waals surface area contributed by atoms with E-state index in [9.17, 15) is 0 Å². The summed E-state index contributed by atoms with van der Waals surface area (Å²) in [6.45, 7) is 0. The summed E-state index contributed by atoms with van der Waals surface area (Å²) in [6, 6.07) is 4.10. The second-order valence-electron chi connectivity index (χ2n) is 2.15. The average molecular weight is 276 g/mol. The van der Waals surface area contributed by atoms with Crippen LogP contribution in [-0.4, -0.2) is 8.96 Å². The highest BCUT2D eigenvalue weighted by Crippen LogP contribution is 2.23. The summed E-state index contributed by atoms with van der Waals surface area (Å²) in [5, 5.41) is 1.24. The number of aromatic nitrogens is 2. The number of rotatable bonds is 1. The molecular weight excluding hydrogens is 271 g/mol. The van der Waals surface area contributed by atoms with E-state index in [1.165, 1.54) is 10.9 Å². The highest BCUT2D eigenvalue weighted by atomic mass is 127. The van der Waals surface area contributed by atoms with Crippen molar-refractivity contribution >= 4 is 41.2 Å². The third-order valence-electron chi connectivity index (χ3n) is 1.53. The van der Waals surface area contributed by atoms with E-state index in [4.69, 9.17) is 0 Å². The maximum absolute atomic E-state index is 4.06. The van der Waals surface area contributed by atoms with Crippen LogP contribution in [0.5, 0.6) is 0 Å². The molecule has 0 radical (unpaired) electrons. The van der Waals surface area contributed by atoms with Gasteiger partial charge in [-0.25, -0.2) is 0 Å². The van der Waals surface area contributed by atoms with Crippen molar-refractivity contribution in [3.05, 3.63) is 30.7 Å². The monoisotopic (exact) mass is 276 g/mol. The third-order valence-corrected chi connectivity index (χ3v) is 3.27. The summed E-state index contributed by atoms with van der Waals surface area (Å²) in [4.78, 5) is 4.06. The van der Waals surface area contributed by atoms with Crippen molar-refractivity contribution in [1.29, 1.82) is 0 Å². The van der Waals surface area contributed by atoms with Gasteiger partial charge in [0.1, 0.15) is 0 Å². The number of nitrogens with zero attached hydrogens (tertiary/aromatic N) is 2. The Hall–Kier alpha value is -0.230.